The molecule has 0 aromatic heterocycles. The molecule has 0 amide bonds. The maximum absolute atomic E-state index is 13.4. The summed E-state index contributed by atoms with van der Waals surface area (Å²) >= 11 is 0. The van der Waals surface area contributed by atoms with Crippen molar-refractivity contribution in [2.75, 3.05) is 40.0 Å². The number of unbranched alkanes of at least 4 members (excludes halogenated alkanes) is 3. The van der Waals surface area contributed by atoms with Crippen molar-refractivity contribution in [2.24, 2.45) is 10.9 Å². The quantitative estimate of drug-likeness (QED) is 0.202. The molecular weight excluding hydrogens is 536 g/mol. The second kappa shape index (κ2) is 17.3. The summed E-state index contributed by atoms with van der Waals surface area (Å²) in [5, 5.41) is 13.3. The molecule has 3 atom stereocenters. The number of nitrogens with zero attached hydrogens (tertiary/aromatic N) is 1. The van der Waals surface area contributed by atoms with E-state index in [1.807, 2.05) is 61.5 Å². The lowest BCUT2D eigenvalue weighted by atomic mass is 9.75. The molecule has 0 aliphatic carbocycles. The number of nitrogens with one attached hydrogen (secondary N) is 1. The van der Waals surface area contributed by atoms with Crippen molar-refractivity contribution in [3.8, 4) is 11.5 Å². The maximum atomic E-state index is 13.4. The minimum atomic E-state index is -0.765. The number of methoxy groups -OCH3 is 1. The average Bonchev–Trinajstić information content (AvgIpc) is 2.99. The largest absolute Gasteiger partial charge is 0.494 e. The Balaban J connectivity index is 1.47. The summed E-state index contributed by atoms with van der Waals surface area (Å²) in [6.07, 6.45) is 2.93. The highest BCUT2D eigenvalue weighted by Crippen LogP contribution is 2.43. The molecule has 2 aromatic rings. The van der Waals surface area contributed by atoms with E-state index in [1.165, 1.54) is 7.11 Å². The van der Waals surface area contributed by atoms with Gasteiger partial charge in [-0.3, -0.25) is 9.79 Å². The Labute approximate surface area is 248 Å². The lowest BCUT2D eigenvalue weighted by Gasteiger charge is -2.32. The van der Waals surface area contributed by atoms with Crippen molar-refractivity contribution in [1.29, 1.82) is 0 Å². The van der Waals surface area contributed by atoms with Crippen molar-refractivity contribution >= 4 is 17.7 Å². The van der Waals surface area contributed by atoms with E-state index >= 15 is 0 Å². The van der Waals surface area contributed by atoms with Crippen molar-refractivity contribution in [3.63, 3.8) is 0 Å². The van der Waals surface area contributed by atoms with Crippen LogP contribution in [0.2, 0.25) is 0 Å². The summed E-state index contributed by atoms with van der Waals surface area (Å²) in [7, 11) is 1.34. The zero-order valence-electron chi connectivity index (χ0n) is 25.1. The predicted octanol–water partition coefficient (Wildman–Crippen LogP) is 4.84. The summed E-state index contributed by atoms with van der Waals surface area (Å²) in [6.45, 7) is 7.62. The number of benzene rings is 2. The van der Waals surface area contributed by atoms with Crippen LogP contribution in [0.4, 0.5) is 0 Å². The van der Waals surface area contributed by atoms with Gasteiger partial charge in [-0.05, 0) is 58.4 Å². The van der Waals surface area contributed by atoms with Crippen molar-refractivity contribution < 1.29 is 33.6 Å². The van der Waals surface area contributed by atoms with Crippen molar-refractivity contribution in [3.05, 3.63) is 71.4 Å². The molecule has 1 aliphatic rings. The first kappa shape index (κ1) is 32.8. The van der Waals surface area contributed by atoms with Crippen LogP contribution in [-0.4, -0.2) is 68.9 Å². The van der Waals surface area contributed by atoms with E-state index < -0.39 is 29.9 Å². The SMILES string of the molecule is CCOc1ccccc1C1C(C(=O)OCCCCCCNCC(O)COc2ccccc2)=C(C)N=C(C)C1C(=O)OC. The molecule has 3 rings (SSSR count). The van der Waals surface area contributed by atoms with Crippen molar-refractivity contribution in [2.45, 2.75) is 58.5 Å². The van der Waals surface area contributed by atoms with Crippen LogP contribution in [0.25, 0.3) is 0 Å². The van der Waals surface area contributed by atoms with Gasteiger partial charge in [0.1, 0.15) is 30.1 Å². The van der Waals surface area contributed by atoms with Crippen LogP contribution in [0.15, 0.2) is 70.9 Å². The molecule has 0 saturated carbocycles. The van der Waals surface area contributed by atoms with Gasteiger partial charge >= 0.3 is 11.9 Å². The Kier molecular flexibility index (Phi) is 13.5. The van der Waals surface area contributed by atoms with Gasteiger partial charge in [-0.2, -0.15) is 0 Å². The summed E-state index contributed by atoms with van der Waals surface area (Å²) in [6, 6.07) is 16.8. The molecule has 9 nitrogen and oxygen atoms in total. The van der Waals surface area contributed by atoms with Crippen molar-refractivity contribution in [1.82, 2.24) is 5.32 Å². The van der Waals surface area contributed by atoms with Crippen LogP contribution < -0.4 is 14.8 Å². The Hall–Kier alpha value is -3.69. The fourth-order valence-electron chi connectivity index (χ4n) is 5.08. The molecule has 0 spiro atoms. The number of allylic oxidation sites excluding steroid dienone is 1. The molecule has 0 fully saturated rings. The standard InChI is InChI=1S/C33H44N2O7/c1-5-40-28-18-12-11-17-27(28)31-29(32(37)39-4)23(2)35-24(3)30(31)33(38)41-20-14-7-6-13-19-34-21-25(36)22-42-26-15-9-8-10-16-26/h8-12,15-18,25,29,31,34,36H,5-7,13-14,19-22H2,1-4H3. The molecule has 42 heavy (non-hydrogen) atoms. The highest BCUT2D eigenvalue weighted by atomic mass is 16.5. The molecule has 0 bridgehead atoms. The first-order valence-corrected chi connectivity index (χ1v) is 14.7. The number of aliphatic imine (C=N–C) groups is 1. The molecule has 2 aromatic carbocycles. The lowest BCUT2D eigenvalue weighted by Crippen LogP contribution is -2.36. The topological polar surface area (TPSA) is 116 Å². The van der Waals surface area contributed by atoms with Gasteiger partial charge < -0.3 is 29.4 Å². The van der Waals surface area contributed by atoms with Gasteiger partial charge in [0.25, 0.3) is 0 Å². The van der Waals surface area contributed by atoms with Gasteiger partial charge in [0.2, 0.25) is 0 Å². The monoisotopic (exact) mass is 580 g/mol. The number of aliphatic hydroxyl groups is 1. The third kappa shape index (κ3) is 9.42. The van der Waals surface area contributed by atoms with Gasteiger partial charge in [0.05, 0.1) is 25.9 Å². The van der Waals surface area contributed by atoms with E-state index in [1.54, 1.807) is 13.8 Å². The first-order chi connectivity index (χ1) is 20.4. The van der Waals surface area contributed by atoms with Crippen LogP contribution in [-0.2, 0) is 19.1 Å². The predicted molar refractivity (Wildman–Crippen MR) is 162 cm³/mol. The van der Waals surface area contributed by atoms with Gasteiger partial charge in [-0.15, -0.1) is 0 Å². The van der Waals surface area contributed by atoms with Crippen LogP contribution in [0, 0.1) is 5.92 Å². The number of hydrogen-bond donors (Lipinski definition) is 2. The number of hydrogen-bond acceptors (Lipinski definition) is 9. The van der Waals surface area contributed by atoms with E-state index in [-0.39, 0.29) is 13.2 Å². The van der Waals surface area contributed by atoms with E-state index in [0.29, 0.717) is 42.3 Å². The Bertz CT molecular complexity index is 1210. The Morgan fingerprint density at radius 2 is 1.69 bits per heavy atom. The number of esters is 2. The highest BCUT2D eigenvalue weighted by molar-refractivity contribution is 6.07. The fourth-order valence-corrected chi connectivity index (χ4v) is 5.08. The third-order valence-electron chi connectivity index (χ3n) is 7.10. The van der Waals surface area contributed by atoms with Crippen LogP contribution in [0.1, 0.15) is 57.9 Å². The lowest BCUT2D eigenvalue weighted by molar-refractivity contribution is -0.144. The molecule has 228 valence electrons. The molecule has 0 saturated heterocycles. The summed E-state index contributed by atoms with van der Waals surface area (Å²) < 4.78 is 22.2. The number of ether oxygens (including phenoxy) is 4. The van der Waals surface area contributed by atoms with Gasteiger partial charge in [-0.25, -0.2) is 4.79 Å². The highest BCUT2D eigenvalue weighted by Gasteiger charge is 2.43. The Morgan fingerprint density at radius 3 is 2.43 bits per heavy atom. The number of aliphatic hydroxyl groups excluding tert-OH is 1. The smallest absolute Gasteiger partial charge is 0.336 e. The molecule has 2 N–H and O–H groups in total. The molecule has 3 unspecified atom stereocenters. The summed E-state index contributed by atoms with van der Waals surface area (Å²) in [5.41, 5.74) is 2.18. The first-order valence-electron chi connectivity index (χ1n) is 14.7. The molecular formula is C33H44N2O7. The second-order valence-electron chi connectivity index (χ2n) is 10.2. The molecule has 1 aliphatic heterocycles. The van der Waals surface area contributed by atoms with Crippen LogP contribution in [0.3, 0.4) is 0 Å². The second-order valence-corrected chi connectivity index (χ2v) is 10.2. The summed E-state index contributed by atoms with van der Waals surface area (Å²) in [5.74, 6) is -0.998. The number of para-hydroxylation sites is 2. The molecule has 9 heteroatoms. The van der Waals surface area contributed by atoms with Gasteiger partial charge in [0.15, 0.2) is 0 Å². The van der Waals surface area contributed by atoms with Gasteiger partial charge in [0, 0.05) is 29.4 Å². The maximum Gasteiger partial charge on any atom is 0.336 e. The van der Waals surface area contributed by atoms with Gasteiger partial charge in [-0.1, -0.05) is 49.2 Å². The third-order valence-corrected chi connectivity index (χ3v) is 7.10. The average molecular weight is 581 g/mol. The fraction of sp³-hybridized carbons (Fsp3) is 0.485. The van der Waals surface area contributed by atoms with Crippen LogP contribution in [0.5, 0.6) is 11.5 Å². The van der Waals surface area contributed by atoms with Crippen LogP contribution >= 0.6 is 0 Å². The zero-order valence-corrected chi connectivity index (χ0v) is 25.1. The number of carbonyl (C=O) groups is 2. The number of rotatable bonds is 17. The minimum absolute atomic E-state index is 0.238. The summed E-state index contributed by atoms with van der Waals surface area (Å²) in [4.78, 5) is 30.9. The minimum Gasteiger partial charge on any atom is -0.494 e. The molecule has 0 radical (unpaired) electrons. The number of carbonyl (C=O) groups excluding carboxylic acids is 2. The van der Waals surface area contributed by atoms with E-state index in [0.717, 1.165) is 37.1 Å². The van der Waals surface area contributed by atoms with E-state index in [4.69, 9.17) is 18.9 Å². The van der Waals surface area contributed by atoms with E-state index in [9.17, 15) is 14.7 Å². The Morgan fingerprint density at radius 1 is 0.976 bits per heavy atom. The van der Waals surface area contributed by atoms with E-state index in [2.05, 4.69) is 10.3 Å². The zero-order chi connectivity index (χ0) is 30.3. The normalized spacial score (nSPS) is 17.3. The molecule has 1 heterocycles.